The molecule has 0 bridgehead atoms. The molecule has 0 saturated carbocycles. The number of benzene rings is 3. The van der Waals surface area contributed by atoms with Crippen molar-refractivity contribution < 1.29 is 24.2 Å². The summed E-state index contributed by atoms with van der Waals surface area (Å²) in [5, 5.41) is 23.0. The fourth-order valence-electron chi connectivity index (χ4n) is 3.57. The smallest absolute Gasteiger partial charge is 0.336 e. The molecule has 2 aromatic rings. The lowest BCUT2D eigenvalue weighted by Crippen LogP contribution is -2.30. The normalized spacial score (nSPS) is 11.2. The second kappa shape index (κ2) is 7.60. The van der Waals surface area contributed by atoms with Crippen LogP contribution in [0.4, 0.5) is 0 Å². The van der Waals surface area contributed by atoms with Gasteiger partial charge in [-0.05, 0) is 61.9 Å². The van der Waals surface area contributed by atoms with E-state index in [1.54, 1.807) is 12.1 Å². The average Bonchev–Trinajstić information content (AvgIpc) is 2.70. The number of carbonyl (C=O) groups is 2. The van der Waals surface area contributed by atoms with Crippen molar-refractivity contribution >= 4 is 22.8 Å². The molecule has 2 aromatic carbocycles. The molecule has 1 amide bonds. The SMILES string of the molecule is CC(C)NC(=O)c1ccc(C(=O)O)c(-c2c3ccc(=O)cc-3oc3cc(O)ccc23)c1. The third-order valence-corrected chi connectivity index (χ3v) is 4.88. The van der Waals surface area contributed by atoms with Crippen LogP contribution in [-0.4, -0.2) is 28.1 Å². The molecule has 2 aliphatic rings. The molecule has 0 unspecified atom stereocenters. The van der Waals surface area contributed by atoms with E-state index in [1.165, 1.54) is 42.5 Å². The number of amides is 1. The van der Waals surface area contributed by atoms with Crippen molar-refractivity contribution in [2.24, 2.45) is 0 Å². The first-order valence-corrected chi connectivity index (χ1v) is 9.63. The van der Waals surface area contributed by atoms with E-state index >= 15 is 0 Å². The predicted molar refractivity (Wildman–Crippen MR) is 116 cm³/mol. The number of carboxylic acids is 1. The fourth-order valence-corrected chi connectivity index (χ4v) is 3.57. The van der Waals surface area contributed by atoms with Gasteiger partial charge in [0.05, 0.1) is 5.56 Å². The fraction of sp³-hybridized carbons (Fsp3) is 0.125. The third-order valence-electron chi connectivity index (χ3n) is 4.88. The van der Waals surface area contributed by atoms with Crippen molar-refractivity contribution in [1.82, 2.24) is 5.32 Å². The predicted octanol–water partition coefficient (Wildman–Crippen LogP) is 4.11. The molecule has 1 heterocycles. The number of hydrogen-bond donors (Lipinski definition) is 3. The Kier molecular flexibility index (Phi) is 4.94. The highest BCUT2D eigenvalue weighted by molar-refractivity contribution is 6.09. The van der Waals surface area contributed by atoms with E-state index in [0.29, 0.717) is 27.6 Å². The van der Waals surface area contributed by atoms with E-state index in [1.807, 2.05) is 13.8 Å². The van der Waals surface area contributed by atoms with Gasteiger partial charge < -0.3 is 19.9 Å². The van der Waals surface area contributed by atoms with Crippen molar-refractivity contribution in [3.05, 3.63) is 75.9 Å². The number of phenolic OH excluding ortho intramolecular Hbond substituents is 1. The summed E-state index contributed by atoms with van der Waals surface area (Å²) in [6, 6.07) is 13.0. The molecule has 156 valence electrons. The van der Waals surface area contributed by atoms with Gasteiger partial charge in [-0.15, -0.1) is 0 Å². The van der Waals surface area contributed by atoms with Gasteiger partial charge in [0, 0.05) is 40.3 Å². The molecule has 0 saturated heterocycles. The van der Waals surface area contributed by atoms with Crippen molar-refractivity contribution in [2.75, 3.05) is 0 Å². The zero-order chi connectivity index (χ0) is 22.3. The van der Waals surface area contributed by atoms with Crippen LogP contribution in [0, 0.1) is 0 Å². The lowest BCUT2D eigenvalue weighted by molar-refractivity contribution is 0.0697. The molecule has 0 radical (unpaired) electrons. The number of carbonyl (C=O) groups excluding carboxylic acids is 1. The first-order valence-electron chi connectivity index (χ1n) is 9.63. The van der Waals surface area contributed by atoms with Crippen molar-refractivity contribution in [2.45, 2.75) is 19.9 Å². The number of hydrogen-bond acceptors (Lipinski definition) is 5. The van der Waals surface area contributed by atoms with Gasteiger partial charge >= 0.3 is 5.97 Å². The van der Waals surface area contributed by atoms with Crippen molar-refractivity contribution in [3.8, 4) is 28.2 Å². The Balaban J connectivity index is 2.10. The van der Waals surface area contributed by atoms with Gasteiger partial charge in [-0.2, -0.15) is 0 Å². The Labute approximate surface area is 176 Å². The summed E-state index contributed by atoms with van der Waals surface area (Å²) in [6.45, 7) is 3.66. The van der Waals surface area contributed by atoms with E-state index in [2.05, 4.69) is 5.32 Å². The van der Waals surface area contributed by atoms with Crippen LogP contribution < -0.4 is 10.7 Å². The van der Waals surface area contributed by atoms with Crippen molar-refractivity contribution in [1.29, 1.82) is 0 Å². The van der Waals surface area contributed by atoms with Crippen LogP contribution >= 0.6 is 0 Å². The second-order valence-electron chi connectivity index (χ2n) is 7.51. The molecular formula is C24H19NO6. The number of aromatic carboxylic acids is 1. The molecule has 0 atom stereocenters. The van der Waals surface area contributed by atoms with Crippen LogP contribution in [0.2, 0.25) is 0 Å². The average molecular weight is 417 g/mol. The summed E-state index contributed by atoms with van der Waals surface area (Å²) in [6.07, 6.45) is 0. The van der Waals surface area contributed by atoms with Gasteiger partial charge in [0.15, 0.2) is 5.43 Å². The van der Waals surface area contributed by atoms with Gasteiger partial charge in [-0.1, -0.05) is 0 Å². The standard InChI is InChI=1S/C24H19NO6/c1-12(2)25-23(28)13-3-6-16(24(29)30)19(9-13)22-17-7-4-14(26)10-20(17)31-21-11-15(27)5-8-18(21)22/h3-12,26H,1-2H3,(H,25,28)(H,29,30). The highest BCUT2D eigenvalue weighted by Crippen LogP contribution is 2.42. The summed E-state index contributed by atoms with van der Waals surface area (Å²) in [5.41, 5.74) is 1.62. The van der Waals surface area contributed by atoms with Crippen LogP contribution in [0.3, 0.4) is 0 Å². The first kappa shape index (κ1) is 20.2. The zero-order valence-electron chi connectivity index (χ0n) is 16.8. The summed E-state index contributed by atoms with van der Waals surface area (Å²) in [7, 11) is 0. The van der Waals surface area contributed by atoms with Crippen molar-refractivity contribution in [3.63, 3.8) is 0 Å². The molecule has 0 spiro atoms. The topological polar surface area (TPSA) is 117 Å². The van der Waals surface area contributed by atoms with Gasteiger partial charge in [-0.3, -0.25) is 9.59 Å². The Morgan fingerprint density at radius 3 is 2.45 bits per heavy atom. The summed E-state index contributed by atoms with van der Waals surface area (Å²) < 4.78 is 5.81. The quantitative estimate of drug-likeness (QED) is 0.430. The highest BCUT2D eigenvalue weighted by atomic mass is 16.4. The number of phenols is 1. The van der Waals surface area contributed by atoms with Crippen LogP contribution in [0.15, 0.2) is 63.8 Å². The van der Waals surface area contributed by atoms with E-state index in [0.717, 1.165) is 0 Å². The highest BCUT2D eigenvalue weighted by Gasteiger charge is 2.23. The minimum atomic E-state index is -1.16. The van der Waals surface area contributed by atoms with Gasteiger partial charge in [-0.25, -0.2) is 4.79 Å². The molecule has 3 N–H and O–H groups in total. The molecule has 7 heteroatoms. The summed E-state index contributed by atoms with van der Waals surface area (Å²) in [5.74, 6) is -1.29. The minimum Gasteiger partial charge on any atom is -0.508 e. The van der Waals surface area contributed by atoms with E-state index in [-0.39, 0.29) is 40.0 Å². The molecule has 1 aliphatic heterocycles. The van der Waals surface area contributed by atoms with Crippen LogP contribution in [0.5, 0.6) is 5.75 Å². The maximum absolute atomic E-state index is 12.6. The number of aromatic hydroxyl groups is 1. The first-order chi connectivity index (χ1) is 14.7. The Bertz CT molecular complexity index is 1370. The van der Waals surface area contributed by atoms with Crippen LogP contribution in [0.1, 0.15) is 34.6 Å². The molecule has 1 aliphatic carbocycles. The van der Waals surface area contributed by atoms with Crippen LogP contribution in [0.25, 0.3) is 33.4 Å². The lowest BCUT2D eigenvalue weighted by atomic mass is 9.89. The number of carboxylic acid groups (broad SMARTS) is 1. The Hall–Kier alpha value is -4.13. The molecule has 7 nitrogen and oxygen atoms in total. The van der Waals surface area contributed by atoms with Crippen LogP contribution in [-0.2, 0) is 0 Å². The van der Waals surface area contributed by atoms with Gasteiger partial charge in [0.2, 0.25) is 0 Å². The second-order valence-corrected chi connectivity index (χ2v) is 7.51. The monoisotopic (exact) mass is 417 g/mol. The third kappa shape index (κ3) is 3.73. The maximum Gasteiger partial charge on any atom is 0.336 e. The number of fused-ring (bicyclic) bond motifs is 2. The van der Waals surface area contributed by atoms with Gasteiger partial charge in [0.1, 0.15) is 17.1 Å². The lowest BCUT2D eigenvalue weighted by Gasteiger charge is -2.18. The van der Waals surface area contributed by atoms with E-state index < -0.39 is 5.97 Å². The minimum absolute atomic E-state index is 0.00540. The largest absolute Gasteiger partial charge is 0.508 e. The Morgan fingerprint density at radius 1 is 0.968 bits per heavy atom. The number of nitrogens with one attached hydrogen (secondary N) is 1. The number of rotatable bonds is 4. The summed E-state index contributed by atoms with van der Waals surface area (Å²) >= 11 is 0. The molecule has 0 fully saturated rings. The summed E-state index contributed by atoms with van der Waals surface area (Å²) in [4.78, 5) is 36.5. The van der Waals surface area contributed by atoms with E-state index in [4.69, 9.17) is 4.42 Å². The zero-order valence-corrected chi connectivity index (χ0v) is 16.8. The molecule has 4 rings (SSSR count). The Morgan fingerprint density at radius 2 is 1.74 bits per heavy atom. The van der Waals surface area contributed by atoms with Gasteiger partial charge in [0.25, 0.3) is 5.91 Å². The van der Waals surface area contributed by atoms with E-state index in [9.17, 15) is 24.6 Å². The molecular weight excluding hydrogens is 398 g/mol. The maximum atomic E-state index is 12.6. The molecule has 0 aromatic heterocycles. The molecule has 31 heavy (non-hydrogen) atoms.